The zero-order valence-corrected chi connectivity index (χ0v) is 20.2. The van der Waals surface area contributed by atoms with Gasteiger partial charge in [-0.15, -0.1) is 0 Å². The van der Waals surface area contributed by atoms with E-state index >= 15 is 0 Å². The van der Waals surface area contributed by atoms with E-state index in [4.69, 9.17) is 10.5 Å². The number of pyridine rings is 1. The first-order valence-corrected chi connectivity index (χ1v) is 11.5. The molecule has 4 aromatic rings. The van der Waals surface area contributed by atoms with Crippen LogP contribution in [0.3, 0.4) is 0 Å². The normalized spacial score (nSPS) is 18.3. The zero-order valence-electron chi connectivity index (χ0n) is 20.2. The molecule has 0 aliphatic carbocycles. The molecule has 0 bridgehead atoms. The zero-order chi connectivity index (χ0) is 28.2. The predicted octanol–water partition coefficient (Wildman–Crippen LogP) is 2.25. The topological polar surface area (TPSA) is 145 Å². The van der Waals surface area contributed by atoms with E-state index in [9.17, 15) is 32.3 Å². The lowest BCUT2D eigenvalue weighted by Crippen LogP contribution is -2.52. The highest BCUT2D eigenvalue weighted by Crippen LogP contribution is 2.47. The molecule has 3 aromatic heterocycles. The van der Waals surface area contributed by atoms with Crippen LogP contribution >= 0.6 is 0 Å². The third-order valence-corrected chi connectivity index (χ3v) is 6.67. The van der Waals surface area contributed by atoms with Gasteiger partial charge in [0.15, 0.2) is 0 Å². The largest absolute Gasteiger partial charge is 0.489 e. The van der Waals surface area contributed by atoms with Crippen molar-refractivity contribution >= 4 is 17.6 Å². The molecule has 2 amide bonds. The molecule has 1 aromatic carbocycles. The number of nitrogens with one attached hydrogen (secondary N) is 1. The molecule has 0 saturated carbocycles. The van der Waals surface area contributed by atoms with Crippen LogP contribution in [0.25, 0.3) is 17.0 Å². The number of ether oxygens (including phenoxy) is 1. The Bertz CT molecular complexity index is 1610. The van der Waals surface area contributed by atoms with E-state index in [1.807, 2.05) is 0 Å². The third kappa shape index (κ3) is 4.22. The fraction of sp³-hybridized carbons (Fsp3) is 0.240. The van der Waals surface area contributed by atoms with Crippen molar-refractivity contribution in [1.82, 2.24) is 24.7 Å². The molecule has 2 atom stereocenters. The number of halogens is 4. The van der Waals surface area contributed by atoms with E-state index in [1.54, 1.807) is 0 Å². The van der Waals surface area contributed by atoms with E-state index in [-0.39, 0.29) is 40.6 Å². The number of primary amides is 1. The van der Waals surface area contributed by atoms with Crippen molar-refractivity contribution in [3.63, 3.8) is 0 Å². The van der Waals surface area contributed by atoms with Gasteiger partial charge in [-0.3, -0.25) is 14.0 Å². The SMILES string of the molecule is C[C@]1(C(N)=O)COc2c1cc([C@@](O)(CNC(=O)c1ccnc3nccn13)C(F)(F)F)nc2-c1ccc(F)cc1. The molecule has 202 valence electrons. The molecule has 0 fully saturated rings. The highest BCUT2D eigenvalue weighted by atomic mass is 19.4. The van der Waals surface area contributed by atoms with Crippen LogP contribution in [-0.2, 0) is 15.8 Å². The van der Waals surface area contributed by atoms with Crippen molar-refractivity contribution in [2.75, 3.05) is 13.2 Å². The monoisotopic (exact) mass is 544 g/mol. The average molecular weight is 544 g/mol. The molecule has 14 heteroatoms. The number of rotatable bonds is 6. The van der Waals surface area contributed by atoms with Crippen molar-refractivity contribution in [3.05, 3.63) is 77.8 Å². The summed E-state index contributed by atoms with van der Waals surface area (Å²) < 4.78 is 64.0. The summed E-state index contributed by atoms with van der Waals surface area (Å²) in [5, 5.41) is 13.2. The van der Waals surface area contributed by atoms with Crippen LogP contribution in [0.1, 0.15) is 28.7 Å². The highest BCUT2D eigenvalue weighted by molar-refractivity contribution is 5.93. The van der Waals surface area contributed by atoms with Gasteiger partial charge >= 0.3 is 6.18 Å². The number of carbonyl (C=O) groups is 2. The second-order valence-corrected chi connectivity index (χ2v) is 9.19. The van der Waals surface area contributed by atoms with Crippen molar-refractivity contribution in [2.45, 2.75) is 24.1 Å². The van der Waals surface area contributed by atoms with Gasteiger partial charge in [0.25, 0.3) is 5.91 Å². The number of fused-ring (bicyclic) bond motifs is 2. The first-order chi connectivity index (χ1) is 18.3. The first kappa shape index (κ1) is 26.0. The van der Waals surface area contributed by atoms with Crippen LogP contribution in [0.5, 0.6) is 5.75 Å². The Morgan fingerprint density at radius 3 is 2.54 bits per heavy atom. The molecule has 0 radical (unpaired) electrons. The lowest BCUT2D eigenvalue weighted by molar-refractivity contribution is -0.265. The Hall–Kier alpha value is -4.59. The van der Waals surface area contributed by atoms with Gasteiger partial charge in [0.1, 0.15) is 35.0 Å². The summed E-state index contributed by atoms with van der Waals surface area (Å²) in [7, 11) is 0. The standard InChI is InChI=1S/C25H20F4N6O4/c1-23(21(30)37)12-39-19-15(23)10-17(34-18(19)13-2-4-14(26)5-3-13)24(38,25(27,28)29)11-33-20(36)16-6-7-31-22-32-8-9-35(16)22/h2-10,38H,11-12H2,1H3,(H2,30,37)(H,33,36)/t23-,24-/m0/s1. The number of aliphatic hydroxyl groups is 1. The number of hydrogen-bond donors (Lipinski definition) is 3. The van der Waals surface area contributed by atoms with Crippen LogP contribution in [0.2, 0.25) is 0 Å². The van der Waals surface area contributed by atoms with Crippen molar-refractivity contribution in [2.24, 2.45) is 5.73 Å². The van der Waals surface area contributed by atoms with Gasteiger partial charge in [-0.1, -0.05) is 0 Å². The summed E-state index contributed by atoms with van der Waals surface area (Å²) in [5.74, 6) is -2.32. The maximum atomic E-state index is 14.5. The number of aromatic nitrogens is 4. The van der Waals surface area contributed by atoms with Gasteiger partial charge in [-0.05, 0) is 43.3 Å². The predicted molar refractivity (Wildman–Crippen MR) is 127 cm³/mol. The number of carbonyl (C=O) groups excluding carboxylic acids is 2. The van der Waals surface area contributed by atoms with E-state index in [0.717, 1.165) is 18.2 Å². The molecule has 5 rings (SSSR count). The van der Waals surface area contributed by atoms with Crippen molar-refractivity contribution in [1.29, 1.82) is 0 Å². The lowest BCUT2D eigenvalue weighted by Gasteiger charge is -2.31. The van der Waals surface area contributed by atoms with E-state index in [2.05, 4.69) is 20.3 Å². The first-order valence-electron chi connectivity index (χ1n) is 11.5. The van der Waals surface area contributed by atoms with Gasteiger partial charge in [-0.25, -0.2) is 19.3 Å². The summed E-state index contributed by atoms with van der Waals surface area (Å²) in [6.07, 6.45) is -1.33. The molecule has 0 unspecified atom stereocenters. The molecule has 4 N–H and O–H groups in total. The maximum Gasteiger partial charge on any atom is 0.424 e. The number of benzene rings is 1. The van der Waals surface area contributed by atoms with Crippen molar-refractivity contribution in [3.8, 4) is 17.0 Å². The van der Waals surface area contributed by atoms with Gasteiger partial charge in [-0.2, -0.15) is 13.2 Å². The fourth-order valence-corrected chi connectivity index (χ4v) is 4.26. The summed E-state index contributed by atoms with van der Waals surface area (Å²) in [6, 6.07) is 6.82. The Balaban J connectivity index is 1.62. The Morgan fingerprint density at radius 2 is 1.87 bits per heavy atom. The number of imidazole rings is 1. The maximum absolute atomic E-state index is 14.5. The minimum Gasteiger partial charge on any atom is -0.489 e. The van der Waals surface area contributed by atoms with E-state index in [0.29, 0.717) is 0 Å². The minimum absolute atomic E-state index is 0.0282. The second kappa shape index (κ2) is 9.01. The molecule has 0 spiro atoms. The molecule has 10 nitrogen and oxygen atoms in total. The highest BCUT2D eigenvalue weighted by Gasteiger charge is 2.57. The van der Waals surface area contributed by atoms with Crippen LogP contribution in [0.4, 0.5) is 17.6 Å². The molecule has 1 aliphatic heterocycles. The van der Waals surface area contributed by atoms with Crippen LogP contribution in [0, 0.1) is 5.82 Å². The second-order valence-electron chi connectivity index (χ2n) is 9.19. The summed E-state index contributed by atoms with van der Waals surface area (Å²) in [6.45, 7) is -0.245. The average Bonchev–Trinajstić information content (AvgIpc) is 3.52. The molecule has 4 heterocycles. The molecular weight excluding hydrogens is 524 g/mol. The quantitative estimate of drug-likeness (QED) is 0.316. The van der Waals surface area contributed by atoms with E-state index < -0.39 is 47.1 Å². The Labute approximate surface area is 217 Å². The molecule has 1 aliphatic rings. The van der Waals surface area contributed by atoms with E-state index in [1.165, 1.54) is 48.1 Å². The number of alkyl halides is 3. The van der Waals surface area contributed by atoms with Gasteiger partial charge in [0.05, 0.1) is 12.2 Å². The third-order valence-electron chi connectivity index (χ3n) is 6.67. The Kier molecular flexibility index (Phi) is 6.01. The molecule has 0 saturated heterocycles. The summed E-state index contributed by atoms with van der Waals surface area (Å²) in [5.41, 5.74) is -0.758. The van der Waals surface area contributed by atoms with Gasteiger partial charge in [0, 0.05) is 29.7 Å². The van der Waals surface area contributed by atoms with Crippen LogP contribution < -0.4 is 15.8 Å². The number of nitrogens with two attached hydrogens (primary N) is 1. The molecular formula is C25H20F4N6O4. The number of amides is 2. The van der Waals surface area contributed by atoms with Crippen LogP contribution in [-0.4, -0.2) is 55.6 Å². The summed E-state index contributed by atoms with van der Waals surface area (Å²) >= 11 is 0. The minimum atomic E-state index is -5.34. The van der Waals surface area contributed by atoms with Gasteiger partial charge < -0.3 is 20.9 Å². The molecule has 39 heavy (non-hydrogen) atoms. The fourth-order valence-electron chi connectivity index (χ4n) is 4.26. The van der Waals surface area contributed by atoms with Gasteiger partial charge in [0.2, 0.25) is 17.3 Å². The Morgan fingerprint density at radius 1 is 1.18 bits per heavy atom. The summed E-state index contributed by atoms with van der Waals surface area (Å²) in [4.78, 5) is 37.1. The smallest absolute Gasteiger partial charge is 0.424 e. The van der Waals surface area contributed by atoms with Crippen LogP contribution in [0.15, 0.2) is 55.0 Å². The number of nitrogens with zero attached hydrogens (tertiary/aromatic N) is 4. The lowest BCUT2D eigenvalue weighted by atomic mass is 9.81. The number of hydrogen-bond acceptors (Lipinski definition) is 7. The van der Waals surface area contributed by atoms with Crippen molar-refractivity contribution < 1.29 is 37.0 Å².